The van der Waals surface area contributed by atoms with Crippen molar-refractivity contribution in [2.45, 2.75) is 27.2 Å². The molecular weight excluding hydrogens is 170 g/mol. The monoisotopic (exact) mass is 185 g/mol. The molecule has 0 N–H and O–H groups in total. The molecule has 0 saturated carbocycles. The second kappa shape index (κ2) is 3.90. The molecule has 1 rings (SSSR count). The Kier molecular flexibility index (Phi) is 3.09. The number of aryl methyl sites for hydroxylation is 1. The van der Waals surface area contributed by atoms with Crippen LogP contribution in [0, 0.1) is 12.8 Å². The molecule has 0 aromatic carbocycles. The van der Waals surface area contributed by atoms with Crippen LogP contribution in [0.15, 0.2) is 0 Å². The van der Waals surface area contributed by atoms with Gasteiger partial charge >= 0.3 is 0 Å². The van der Waals surface area contributed by atoms with E-state index in [-0.39, 0.29) is 0 Å². The number of ether oxygens (including phenoxy) is 1. The Morgan fingerprint density at radius 2 is 2.17 bits per heavy atom. The summed E-state index contributed by atoms with van der Waals surface area (Å²) in [6.45, 7) is 6.38. The lowest BCUT2D eigenvalue weighted by Crippen LogP contribution is -1.92. The quantitative estimate of drug-likeness (QED) is 0.722. The Balaban J connectivity index is 2.75. The molecule has 0 spiro atoms. The molecule has 0 radical (unpaired) electrons. The highest BCUT2D eigenvalue weighted by Crippen LogP contribution is 2.27. The van der Waals surface area contributed by atoms with Gasteiger partial charge in [-0.2, -0.15) is 0 Å². The molecule has 0 amide bonds. The third kappa shape index (κ3) is 2.21. The van der Waals surface area contributed by atoms with Gasteiger partial charge in [-0.3, -0.25) is 0 Å². The summed E-state index contributed by atoms with van der Waals surface area (Å²) in [7, 11) is 1.69. The number of nitrogens with zero attached hydrogens (tertiary/aromatic N) is 1. The highest BCUT2D eigenvalue weighted by Gasteiger charge is 2.08. The molecule has 2 nitrogen and oxygen atoms in total. The van der Waals surface area contributed by atoms with E-state index in [0.29, 0.717) is 5.92 Å². The lowest BCUT2D eigenvalue weighted by Gasteiger charge is -1.97. The van der Waals surface area contributed by atoms with E-state index in [1.54, 1.807) is 18.4 Å². The van der Waals surface area contributed by atoms with E-state index < -0.39 is 0 Å². The standard InChI is InChI=1S/C9H15NOS/c1-6(2)5-8-10-7(3)9(11-4)12-8/h6H,5H2,1-4H3. The molecule has 0 bridgehead atoms. The van der Waals surface area contributed by atoms with Crippen molar-refractivity contribution >= 4 is 11.3 Å². The number of aromatic nitrogens is 1. The van der Waals surface area contributed by atoms with Gasteiger partial charge in [0.15, 0.2) is 5.06 Å². The summed E-state index contributed by atoms with van der Waals surface area (Å²) in [5, 5.41) is 2.13. The van der Waals surface area contributed by atoms with Crippen LogP contribution in [0.5, 0.6) is 5.06 Å². The van der Waals surface area contributed by atoms with Crippen molar-refractivity contribution in [1.29, 1.82) is 0 Å². The molecule has 68 valence electrons. The van der Waals surface area contributed by atoms with Crippen molar-refractivity contribution in [3.05, 3.63) is 10.7 Å². The normalized spacial score (nSPS) is 10.8. The molecule has 1 heterocycles. The first-order chi connectivity index (χ1) is 5.63. The van der Waals surface area contributed by atoms with Crippen LogP contribution >= 0.6 is 11.3 Å². The van der Waals surface area contributed by atoms with Gasteiger partial charge in [0, 0.05) is 6.42 Å². The van der Waals surface area contributed by atoms with Crippen LogP contribution in [0.25, 0.3) is 0 Å². The maximum atomic E-state index is 5.16. The molecule has 1 aromatic rings. The van der Waals surface area contributed by atoms with E-state index in [1.807, 2.05) is 6.92 Å². The highest BCUT2D eigenvalue weighted by atomic mass is 32.1. The second-order valence-corrected chi connectivity index (χ2v) is 4.33. The minimum atomic E-state index is 0.667. The van der Waals surface area contributed by atoms with Gasteiger partial charge in [0.25, 0.3) is 0 Å². The number of rotatable bonds is 3. The Labute approximate surface area is 77.6 Å². The molecule has 0 aliphatic rings. The number of hydrogen-bond acceptors (Lipinski definition) is 3. The van der Waals surface area contributed by atoms with E-state index in [0.717, 1.165) is 17.2 Å². The summed E-state index contributed by atoms with van der Waals surface area (Å²) in [5.41, 5.74) is 1.01. The first kappa shape index (κ1) is 9.52. The van der Waals surface area contributed by atoms with Gasteiger partial charge in [-0.05, 0) is 12.8 Å². The maximum absolute atomic E-state index is 5.16. The third-order valence-corrected chi connectivity index (χ3v) is 2.71. The summed E-state index contributed by atoms with van der Waals surface area (Å²) in [6, 6.07) is 0. The van der Waals surface area contributed by atoms with Crippen molar-refractivity contribution in [2.75, 3.05) is 7.11 Å². The van der Waals surface area contributed by atoms with Crippen LogP contribution in [-0.4, -0.2) is 12.1 Å². The maximum Gasteiger partial charge on any atom is 0.196 e. The number of hydrogen-bond donors (Lipinski definition) is 0. The minimum absolute atomic E-state index is 0.667. The van der Waals surface area contributed by atoms with Crippen LogP contribution in [0.2, 0.25) is 0 Å². The fraction of sp³-hybridized carbons (Fsp3) is 0.667. The van der Waals surface area contributed by atoms with Gasteiger partial charge < -0.3 is 4.74 Å². The van der Waals surface area contributed by atoms with Gasteiger partial charge in [0.1, 0.15) is 0 Å². The molecule has 0 fully saturated rings. The smallest absolute Gasteiger partial charge is 0.196 e. The van der Waals surface area contributed by atoms with Crippen LogP contribution in [0.1, 0.15) is 24.5 Å². The number of thiazole rings is 1. The van der Waals surface area contributed by atoms with Crippen molar-refractivity contribution < 1.29 is 4.74 Å². The zero-order chi connectivity index (χ0) is 9.14. The Morgan fingerprint density at radius 3 is 2.58 bits per heavy atom. The van der Waals surface area contributed by atoms with E-state index >= 15 is 0 Å². The Bertz CT molecular complexity index is 255. The average molecular weight is 185 g/mol. The topological polar surface area (TPSA) is 22.1 Å². The van der Waals surface area contributed by atoms with Gasteiger partial charge in [0.2, 0.25) is 0 Å². The summed E-state index contributed by atoms with van der Waals surface area (Å²) < 4.78 is 5.16. The molecule has 0 saturated heterocycles. The van der Waals surface area contributed by atoms with Crippen LogP contribution in [0.3, 0.4) is 0 Å². The zero-order valence-corrected chi connectivity index (χ0v) is 8.86. The lowest BCUT2D eigenvalue weighted by molar-refractivity contribution is 0.423. The van der Waals surface area contributed by atoms with Gasteiger partial charge in [-0.1, -0.05) is 25.2 Å². The first-order valence-electron chi connectivity index (χ1n) is 4.13. The van der Waals surface area contributed by atoms with Gasteiger partial charge in [0.05, 0.1) is 17.8 Å². The molecule has 12 heavy (non-hydrogen) atoms. The summed E-state index contributed by atoms with van der Waals surface area (Å²) in [6.07, 6.45) is 1.05. The second-order valence-electron chi connectivity index (χ2n) is 3.28. The Hall–Kier alpha value is -0.570. The van der Waals surface area contributed by atoms with Gasteiger partial charge in [-0.25, -0.2) is 4.98 Å². The van der Waals surface area contributed by atoms with Crippen LogP contribution < -0.4 is 4.74 Å². The van der Waals surface area contributed by atoms with E-state index in [2.05, 4.69) is 18.8 Å². The van der Waals surface area contributed by atoms with Crippen molar-refractivity contribution in [3.63, 3.8) is 0 Å². The Morgan fingerprint density at radius 1 is 1.50 bits per heavy atom. The largest absolute Gasteiger partial charge is 0.486 e. The van der Waals surface area contributed by atoms with E-state index in [9.17, 15) is 0 Å². The molecule has 0 unspecified atom stereocenters. The van der Waals surface area contributed by atoms with E-state index in [1.165, 1.54) is 5.01 Å². The average Bonchev–Trinajstić information content (AvgIpc) is 2.29. The summed E-state index contributed by atoms with van der Waals surface area (Å²) in [4.78, 5) is 4.42. The predicted octanol–water partition coefficient (Wildman–Crippen LogP) is 2.66. The summed E-state index contributed by atoms with van der Waals surface area (Å²) >= 11 is 1.65. The van der Waals surface area contributed by atoms with Crippen molar-refractivity contribution in [1.82, 2.24) is 4.98 Å². The zero-order valence-electron chi connectivity index (χ0n) is 8.05. The van der Waals surface area contributed by atoms with Crippen molar-refractivity contribution in [3.8, 4) is 5.06 Å². The molecule has 0 aliphatic heterocycles. The fourth-order valence-corrected chi connectivity index (χ4v) is 2.15. The van der Waals surface area contributed by atoms with E-state index in [4.69, 9.17) is 4.74 Å². The highest BCUT2D eigenvalue weighted by molar-refractivity contribution is 7.13. The molecule has 1 aromatic heterocycles. The minimum Gasteiger partial charge on any atom is -0.486 e. The number of methoxy groups -OCH3 is 1. The first-order valence-corrected chi connectivity index (χ1v) is 4.95. The van der Waals surface area contributed by atoms with Crippen LogP contribution in [-0.2, 0) is 6.42 Å². The van der Waals surface area contributed by atoms with Crippen LogP contribution in [0.4, 0.5) is 0 Å². The lowest BCUT2D eigenvalue weighted by atomic mass is 10.1. The molecule has 0 atom stereocenters. The molecule has 0 aliphatic carbocycles. The molecule has 3 heteroatoms. The fourth-order valence-electron chi connectivity index (χ4n) is 1.06. The third-order valence-electron chi connectivity index (χ3n) is 1.57. The predicted molar refractivity (Wildman–Crippen MR) is 51.9 cm³/mol. The SMILES string of the molecule is COc1sc(CC(C)C)nc1C. The summed E-state index contributed by atoms with van der Waals surface area (Å²) in [5.74, 6) is 0.667. The van der Waals surface area contributed by atoms with Crippen molar-refractivity contribution in [2.24, 2.45) is 5.92 Å². The molecular formula is C9H15NOS. The van der Waals surface area contributed by atoms with Gasteiger partial charge in [-0.15, -0.1) is 0 Å².